The fraction of sp³-hybridized carbons (Fsp3) is 0.417. The van der Waals surface area contributed by atoms with Gasteiger partial charge in [0.2, 0.25) is 5.91 Å². The zero-order chi connectivity index (χ0) is 32.0. The number of carbonyl (C=O) groups excluding carboxylic acids is 1. The molecule has 1 amide bonds. The lowest BCUT2D eigenvalue weighted by Crippen LogP contribution is -2.34. The van der Waals surface area contributed by atoms with Crippen molar-refractivity contribution in [1.82, 2.24) is 4.98 Å². The number of rotatable bonds is 11. The van der Waals surface area contributed by atoms with E-state index in [0.29, 0.717) is 30.0 Å². The molecule has 0 aliphatic carbocycles. The van der Waals surface area contributed by atoms with Gasteiger partial charge in [-0.05, 0) is 71.7 Å². The van der Waals surface area contributed by atoms with Gasteiger partial charge in [-0.2, -0.15) is 0 Å². The molecule has 2 aromatic carbocycles. The number of aromatic nitrogens is 1. The number of aromatic hydroxyl groups is 1. The molecular weight excluding hydrogens is 556 g/mol. The summed E-state index contributed by atoms with van der Waals surface area (Å²) in [6, 6.07) is 17.6. The second-order valence-corrected chi connectivity index (χ2v) is 14.2. The summed E-state index contributed by atoms with van der Waals surface area (Å²) in [4.78, 5) is 30.4. The molecule has 1 heterocycles. The molecule has 0 aliphatic heterocycles. The summed E-state index contributed by atoms with van der Waals surface area (Å²) in [7, 11) is 0. The third-order valence-electron chi connectivity index (χ3n) is 7.84. The Balaban J connectivity index is 1.72. The van der Waals surface area contributed by atoms with Crippen molar-refractivity contribution < 1.29 is 19.8 Å². The van der Waals surface area contributed by atoms with Crippen LogP contribution in [0.5, 0.6) is 5.75 Å². The topological polar surface area (TPSA) is 99.5 Å². The van der Waals surface area contributed by atoms with Crippen LogP contribution in [0, 0.1) is 5.41 Å². The minimum atomic E-state index is -1.05. The summed E-state index contributed by atoms with van der Waals surface area (Å²) in [5, 5.41) is 23.6. The van der Waals surface area contributed by atoms with Crippen molar-refractivity contribution in [2.75, 3.05) is 5.32 Å². The van der Waals surface area contributed by atoms with Crippen LogP contribution >= 0.6 is 11.8 Å². The summed E-state index contributed by atoms with van der Waals surface area (Å²) in [6.07, 6.45) is 4.60. The van der Waals surface area contributed by atoms with Crippen LogP contribution in [-0.4, -0.2) is 27.1 Å². The van der Waals surface area contributed by atoms with E-state index in [1.165, 1.54) is 0 Å². The van der Waals surface area contributed by atoms with Crippen LogP contribution in [-0.2, 0) is 26.2 Å². The standard InChI is InChI=1S/C36H46N2O4S/c1-9-36(10-2,33(41)42)22-31(39)38-26-15-11-13-24(19-26)17-18-25-14-12-16-27(37-25)23-43-28-20-29(34(3,4)5)32(40)30(21-28)35(6,7)8/h11-21,40H,9-10,22-23H2,1-8H3,(H,38,39)(H,41,42)/b18-17+. The number of phenolic OH excluding ortho intramolecular Hbond substituents is 1. The molecule has 0 fully saturated rings. The highest BCUT2D eigenvalue weighted by molar-refractivity contribution is 7.98. The van der Waals surface area contributed by atoms with Crippen molar-refractivity contribution >= 4 is 41.5 Å². The molecule has 3 aromatic rings. The Morgan fingerprint density at radius 3 is 2.05 bits per heavy atom. The van der Waals surface area contributed by atoms with E-state index in [9.17, 15) is 19.8 Å². The summed E-state index contributed by atoms with van der Waals surface area (Å²) in [5.41, 5.74) is 3.76. The van der Waals surface area contributed by atoms with Gasteiger partial charge in [0.25, 0.3) is 0 Å². The lowest BCUT2D eigenvalue weighted by atomic mass is 9.79. The van der Waals surface area contributed by atoms with Crippen molar-refractivity contribution in [1.29, 1.82) is 0 Å². The molecule has 6 nitrogen and oxygen atoms in total. The first-order valence-corrected chi connectivity index (χ1v) is 15.8. The van der Waals surface area contributed by atoms with E-state index >= 15 is 0 Å². The predicted molar refractivity (Wildman–Crippen MR) is 179 cm³/mol. The Kier molecular flexibility index (Phi) is 10.9. The number of anilines is 1. The average molecular weight is 603 g/mol. The number of hydrogen-bond donors (Lipinski definition) is 3. The number of benzene rings is 2. The fourth-order valence-electron chi connectivity index (χ4n) is 4.96. The second kappa shape index (κ2) is 13.8. The number of aliphatic carboxylic acids is 1. The van der Waals surface area contributed by atoms with E-state index in [4.69, 9.17) is 4.98 Å². The number of thioether (sulfide) groups is 1. The molecule has 0 atom stereocenters. The maximum Gasteiger partial charge on any atom is 0.310 e. The molecular formula is C36H46N2O4S. The third-order valence-corrected chi connectivity index (χ3v) is 8.85. The van der Waals surface area contributed by atoms with Crippen LogP contribution in [0.4, 0.5) is 5.69 Å². The third kappa shape index (κ3) is 8.96. The zero-order valence-electron chi connectivity index (χ0n) is 26.7. The van der Waals surface area contributed by atoms with Crippen molar-refractivity contribution in [3.63, 3.8) is 0 Å². The van der Waals surface area contributed by atoms with Crippen molar-refractivity contribution in [2.45, 2.75) is 96.1 Å². The van der Waals surface area contributed by atoms with Gasteiger partial charge in [0, 0.05) is 33.9 Å². The Morgan fingerprint density at radius 1 is 0.884 bits per heavy atom. The second-order valence-electron chi connectivity index (χ2n) is 13.2. The number of nitrogens with zero attached hydrogens (tertiary/aromatic N) is 1. The number of carboxylic acids is 1. The molecule has 3 N–H and O–H groups in total. The molecule has 1 aromatic heterocycles. The Bertz CT molecular complexity index is 1440. The molecule has 0 saturated heterocycles. The Morgan fingerprint density at radius 2 is 1.49 bits per heavy atom. The quantitative estimate of drug-likeness (QED) is 0.189. The van der Waals surface area contributed by atoms with Crippen LogP contribution in [0.25, 0.3) is 12.2 Å². The monoisotopic (exact) mass is 602 g/mol. The number of pyridine rings is 1. The molecule has 3 rings (SSSR count). The van der Waals surface area contributed by atoms with Crippen molar-refractivity contribution in [2.24, 2.45) is 5.41 Å². The first-order chi connectivity index (χ1) is 20.1. The lowest BCUT2D eigenvalue weighted by Gasteiger charge is -2.28. The highest BCUT2D eigenvalue weighted by Gasteiger charge is 2.37. The van der Waals surface area contributed by atoms with Crippen LogP contribution in [0.15, 0.2) is 59.5 Å². The van der Waals surface area contributed by atoms with Gasteiger partial charge in [-0.3, -0.25) is 14.6 Å². The Hall–Kier alpha value is -3.58. The van der Waals surface area contributed by atoms with E-state index in [1.54, 1.807) is 31.7 Å². The van der Waals surface area contributed by atoms with E-state index in [-0.39, 0.29) is 23.2 Å². The van der Waals surface area contributed by atoms with Gasteiger partial charge in [-0.1, -0.05) is 79.7 Å². The average Bonchev–Trinajstić information content (AvgIpc) is 2.93. The van der Waals surface area contributed by atoms with E-state index in [2.05, 4.69) is 59.0 Å². The number of phenols is 1. The van der Waals surface area contributed by atoms with E-state index in [0.717, 1.165) is 33.0 Å². The molecule has 0 spiro atoms. The maximum atomic E-state index is 12.7. The fourth-order valence-corrected chi connectivity index (χ4v) is 5.83. The minimum Gasteiger partial charge on any atom is -0.507 e. The van der Waals surface area contributed by atoms with Crippen LogP contribution in [0.1, 0.15) is 103 Å². The van der Waals surface area contributed by atoms with E-state index in [1.807, 2.05) is 48.6 Å². The van der Waals surface area contributed by atoms with Crippen molar-refractivity contribution in [3.8, 4) is 5.75 Å². The smallest absolute Gasteiger partial charge is 0.310 e. The zero-order valence-corrected chi connectivity index (χ0v) is 27.6. The highest BCUT2D eigenvalue weighted by atomic mass is 32.2. The summed E-state index contributed by atoms with van der Waals surface area (Å²) in [5.74, 6) is -0.176. The molecule has 0 unspecified atom stereocenters. The SMILES string of the molecule is CCC(CC)(CC(=O)Nc1cccc(/C=C/c2cccc(CSc3cc(C(C)(C)C)c(O)c(C(C)(C)C)c3)n2)c1)C(=O)O. The Labute approximate surface area is 261 Å². The van der Waals surface area contributed by atoms with Gasteiger partial charge >= 0.3 is 5.97 Å². The predicted octanol–water partition coefficient (Wildman–Crippen LogP) is 9.06. The normalized spacial score (nSPS) is 12.5. The summed E-state index contributed by atoms with van der Waals surface area (Å²) in [6.45, 7) is 16.3. The minimum absolute atomic E-state index is 0.0662. The molecule has 0 aliphatic rings. The van der Waals surface area contributed by atoms with E-state index < -0.39 is 11.4 Å². The van der Waals surface area contributed by atoms with Gasteiger partial charge in [0.1, 0.15) is 5.75 Å². The summed E-state index contributed by atoms with van der Waals surface area (Å²) < 4.78 is 0. The van der Waals surface area contributed by atoms with Crippen LogP contribution < -0.4 is 5.32 Å². The number of carbonyl (C=O) groups is 2. The van der Waals surface area contributed by atoms with Gasteiger partial charge in [-0.15, -0.1) is 11.8 Å². The van der Waals surface area contributed by atoms with Gasteiger partial charge < -0.3 is 15.5 Å². The number of carboxylic acid groups (broad SMARTS) is 1. The molecule has 43 heavy (non-hydrogen) atoms. The first-order valence-electron chi connectivity index (χ1n) is 14.9. The lowest BCUT2D eigenvalue weighted by molar-refractivity contribution is -0.151. The van der Waals surface area contributed by atoms with Crippen molar-refractivity contribution in [3.05, 3.63) is 82.7 Å². The number of nitrogens with one attached hydrogen (secondary N) is 1. The van der Waals surface area contributed by atoms with Crippen LogP contribution in [0.2, 0.25) is 0 Å². The van der Waals surface area contributed by atoms with Gasteiger partial charge in [0.05, 0.1) is 16.8 Å². The maximum absolute atomic E-state index is 12.7. The number of amides is 1. The molecule has 0 bridgehead atoms. The molecule has 7 heteroatoms. The number of hydrogen-bond acceptors (Lipinski definition) is 5. The molecule has 0 saturated carbocycles. The first kappa shape index (κ1) is 33.9. The summed E-state index contributed by atoms with van der Waals surface area (Å²) >= 11 is 1.71. The molecule has 0 radical (unpaired) electrons. The van der Waals surface area contributed by atoms with Gasteiger partial charge in [-0.25, -0.2) is 0 Å². The van der Waals surface area contributed by atoms with Crippen LogP contribution in [0.3, 0.4) is 0 Å². The largest absolute Gasteiger partial charge is 0.507 e. The molecule has 230 valence electrons. The van der Waals surface area contributed by atoms with Gasteiger partial charge in [0.15, 0.2) is 0 Å². The highest BCUT2D eigenvalue weighted by Crippen LogP contribution is 2.42.